The van der Waals surface area contributed by atoms with E-state index in [1.165, 1.54) is 0 Å². The standard InChI is InChI=1S/C6H12O4S2/c7-5(4-11)3-10-12-2-1-6(8)9/h5,7,11H,1-4H2,(H,8,9). The SMILES string of the molecule is O=C(O)CCSOCC(O)CS. The van der Waals surface area contributed by atoms with Crippen molar-refractivity contribution < 1.29 is 19.2 Å². The summed E-state index contributed by atoms with van der Waals surface area (Å²) in [7, 11) is 0. The van der Waals surface area contributed by atoms with Crippen LogP contribution in [0.4, 0.5) is 0 Å². The molecule has 72 valence electrons. The fraction of sp³-hybridized carbons (Fsp3) is 0.833. The van der Waals surface area contributed by atoms with E-state index >= 15 is 0 Å². The Bertz CT molecular complexity index is 131. The lowest BCUT2D eigenvalue weighted by atomic mass is 10.4. The second-order valence-electron chi connectivity index (χ2n) is 2.09. The third kappa shape index (κ3) is 8.19. The zero-order chi connectivity index (χ0) is 9.40. The Kier molecular flexibility index (Phi) is 7.78. The summed E-state index contributed by atoms with van der Waals surface area (Å²) in [5.41, 5.74) is 0. The highest BCUT2D eigenvalue weighted by Gasteiger charge is 2.02. The highest BCUT2D eigenvalue weighted by Crippen LogP contribution is 2.05. The number of rotatable bonds is 7. The van der Waals surface area contributed by atoms with Crippen LogP contribution in [-0.2, 0) is 8.98 Å². The predicted molar refractivity (Wildman–Crippen MR) is 50.5 cm³/mol. The van der Waals surface area contributed by atoms with Crippen molar-refractivity contribution in [1.29, 1.82) is 0 Å². The Morgan fingerprint density at radius 3 is 2.83 bits per heavy atom. The van der Waals surface area contributed by atoms with E-state index in [0.29, 0.717) is 11.5 Å². The fourth-order valence-corrected chi connectivity index (χ4v) is 1.10. The van der Waals surface area contributed by atoms with Crippen molar-refractivity contribution in [3.05, 3.63) is 0 Å². The minimum absolute atomic E-state index is 0.0711. The minimum Gasteiger partial charge on any atom is -0.481 e. The molecule has 0 aromatic rings. The molecule has 0 aromatic carbocycles. The van der Waals surface area contributed by atoms with Gasteiger partial charge in [-0.3, -0.25) is 4.79 Å². The molecule has 0 amide bonds. The molecule has 0 radical (unpaired) electrons. The van der Waals surface area contributed by atoms with Gasteiger partial charge >= 0.3 is 5.97 Å². The second-order valence-corrected chi connectivity index (χ2v) is 3.33. The highest BCUT2D eigenvalue weighted by molar-refractivity contribution is 7.94. The number of hydrogen-bond acceptors (Lipinski definition) is 5. The van der Waals surface area contributed by atoms with Crippen LogP contribution in [-0.4, -0.2) is 40.4 Å². The first-order chi connectivity index (χ1) is 5.66. The van der Waals surface area contributed by atoms with Crippen molar-refractivity contribution in [2.75, 3.05) is 18.1 Å². The molecular weight excluding hydrogens is 200 g/mol. The maximum atomic E-state index is 10.0. The molecule has 1 unspecified atom stereocenters. The molecule has 2 N–H and O–H groups in total. The molecule has 1 atom stereocenters. The van der Waals surface area contributed by atoms with Gasteiger partial charge in [0.15, 0.2) is 0 Å². The van der Waals surface area contributed by atoms with Crippen molar-refractivity contribution in [3.8, 4) is 0 Å². The molecule has 0 rings (SSSR count). The predicted octanol–water partition coefficient (Wildman–Crippen LogP) is 0.417. The van der Waals surface area contributed by atoms with Crippen LogP contribution < -0.4 is 0 Å². The van der Waals surface area contributed by atoms with Crippen LogP contribution in [0.5, 0.6) is 0 Å². The average molecular weight is 212 g/mol. The number of aliphatic hydroxyl groups is 1. The smallest absolute Gasteiger partial charge is 0.304 e. The van der Waals surface area contributed by atoms with Gasteiger partial charge in [0.2, 0.25) is 0 Å². The van der Waals surface area contributed by atoms with Gasteiger partial charge in [-0.2, -0.15) is 12.6 Å². The van der Waals surface area contributed by atoms with Gasteiger partial charge in [-0.25, -0.2) is 0 Å². The van der Waals surface area contributed by atoms with Gasteiger partial charge in [-0.1, -0.05) is 0 Å². The molecule has 0 saturated carbocycles. The second kappa shape index (κ2) is 7.72. The van der Waals surface area contributed by atoms with Crippen molar-refractivity contribution in [2.24, 2.45) is 0 Å². The van der Waals surface area contributed by atoms with E-state index in [4.69, 9.17) is 14.4 Å². The van der Waals surface area contributed by atoms with Crippen molar-refractivity contribution in [1.82, 2.24) is 0 Å². The molecule has 12 heavy (non-hydrogen) atoms. The van der Waals surface area contributed by atoms with E-state index < -0.39 is 12.1 Å². The monoisotopic (exact) mass is 212 g/mol. The van der Waals surface area contributed by atoms with Crippen molar-refractivity contribution >= 4 is 30.6 Å². The molecule has 0 aromatic heterocycles. The number of hydrogen-bond donors (Lipinski definition) is 3. The first kappa shape index (κ1) is 12.1. The van der Waals surface area contributed by atoms with E-state index in [1.807, 2.05) is 0 Å². The Morgan fingerprint density at radius 1 is 1.67 bits per heavy atom. The van der Waals surface area contributed by atoms with E-state index in [-0.39, 0.29) is 13.0 Å². The zero-order valence-corrected chi connectivity index (χ0v) is 8.18. The quantitative estimate of drug-likeness (QED) is 0.324. The summed E-state index contributed by atoms with van der Waals surface area (Å²) in [5, 5.41) is 17.2. The van der Waals surface area contributed by atoms with E-state index in [1.54, 1.807) is 0 Å². The molecule has 0 aliphatic rings. The van der Waals surface area contributed by atoms with Gasteiger partial charge in [-0.15, -0.1) is 0 Å². The maximum absolute atomic E-state index is 10.0. The highest BCUT2D eigenvalue weighted by atomic mass is 32.2. The topological polar surface area (TPSA) is 66.8 Å². The number of carboxylic acids is 1. The average Bonchev–Trinajstić information content (AvgIpc) is 2.03. The first-order valence-electron chi connectivity index (χ1n) is 3.42. The van der Waals surface area contributed by atoms with Gasteiger partial charge in [0.1, 0.15) is 0 Å². The summed E-state index contributed by atoms with van der Waals surface area (Å²) in [5.74, 6) is -0.102. The Hall–Kier alpha value is 0.0900. The van der Waals surface area contributed by atoms with Crippen LogP contribution in [0.25, 0.3) is 0 Å². The summed E-state index contributed by atoms with van der Waals surface area (Å²) >= 11 is 4.89. The molecule has 0 spiro atoms. The van der Waals surface area contributed by atoms with E-state index in [2.05, 4.69) is 12.6 Å². The summed E-state index contributed by atoms with van der Waals surface area (Å²) in [6.07, 6.45) is -0.507. The molecular formula is C6H12O4S2. The molecule has 0 fully saturated rings. The van der Waals surface area contributed by atoms with Crippen LogP contribution in [0, 0.1) is 0 Å². The Balaban J connectivity index is 3.05. The first-order valence-corrected chi connectivity index (χ1v) is 4.96. The third-order valence-corrected chi connectivity index (χ3v) is 2.05. The van der Waals surface area contributed by atoms with Crippen molar-refractivity contribution in [3.63, 3.8) is 0 Å². The van der Waals surface area contributed by atoms with Crippen LogP contribution in [0.15, 0.2) is 0 Å². The normalized spacial score (nSPS) is 12.8. The number of thiol groups is 1. The van der Waals surface area contributed by atoms with Gasteiger partial charge in [0.05, 0.1) is 19.1 Å². The van der Waals surface area contributed by atoms with E-state index in [9.17, 15) is 4.79 Å². The lowest BCUT2D eigenvalue weighted by molar-refractivity contribution is -0.136. The van der Waals surface area contributed by atoms with Crippen LogP contribution in [0.1, 0.15) is 6.42 Å². The van der Waals surface area contributed by atoms with Crippen LogP contribution in [0.3, 0.4) is 0 Å². The summed E-state index contributed by atoms with van der Waals surface area (Å²) < 4.78 is 4.89. The lowest BCUT2D eigenvalue weighted by Crippen LogP contribution is -2.14. The van der Waals surface area contributed by atoms with Crippen LogP contribution in [0.2, 0.25) is 0 Å². The summed E-state index contributed by atoms with van der Waals surface area (Å²) in [6.45, 7) is 0.188. The fourth-order valence-electron chi connectivity index (χ4n) is 0.367. The molecule has 0 saturated heterocycles. The molecule has 0 aliphatic heterocycles. The number of carboxylic acid groups (broad SMARTS) is 1. The largest absolute Gasteiger partial charge is 0.481 e. The summed E-state index contributed by atoms with van der Waals surface area (Å²) in [4.78, 5) is 10.0. The molecule has 6 heteroatoms. The molecule has 0 aliphatic carbocycles. The Labute approximate surface area is 80.9 Å². The van der Waals surface area contributed by atoms with Crippen molar-refractivity contribution in [2.45, 2.75) is 12.5 Å². The molecule has 0 heterocycles. The zero-order valence-electron chi connectivity index (χ0n) is 6.47. The van der Waals surface area contributed by atoms with Gasteiger partial charge < -0.3 is 14.4 Å². The number of aliphatic carboxylic acids is 1. The molecule has 4 nitrogen and oxygen atoms in total. The van der Waals surface area contributed by atoms with Gasteiger partial charge in [0.25, 0.3) is 0 Å². The number of carbonyl (C=O) groups is 1. The molecule has 0 bridgehead atoms. The number of aliphatic hydroxyl groups excluding tert-OH is 1. The Morgan fingerprint density at radius 2 is 2.33 bits per heavy atom. The summed E-state index contributed by atoms with van der Waals surface area (Å²) in [6, 6.07) is 0. The van der Waals surface area contributed by atoms with Gasteiger partial charge in [-0.05, 0) is 12.0 Å². The van der Waals surface area contributed by atoms with Crippen LogP contribution >= 0.6 is 24.7 Å². The lowest BCUT2D eigenvalue weighted by Gasteiger charge is -2.05. The minimum atomic E-state index is -0.846. The maximum Gasteiger partial charge on any atom is 0.304 e. The third-order valence-electron chi connectivity index (χ3n) is 0.954. The van der Waals surface area contributed by atoms with E-state index in [0.717, 1.165) is 12.0 Å². The van der Waals surface area contributed by atoms with Gasteiger partial charge in [0, 0.05) is 11.5 Å².